The Kier molecular flexibility index (Phi) is 6.14. The number of hydrogen-bond acceptors (Lipinski definition) is 4. The van der Waals surface area contributed by atoms with E-state index >= 15 is 0 Å². The van der Waals surface area contributed by atoms with Gasteiger partial charge in [-0.1, -0.05) is 13.8 Å². The second kappa shape index (κ2) is 7.40. The van der Waals surface area contributed by atoms with E-state index in [2.05, 4.69) is 10.6 Å². The van der Waals surface area contributed by atoms with E-state index < -0.39 is 23.4 Å². The Hall–Kier alpha value is -1.63. The van der Waals surface area contributed by atoms with Crippen LogP contribution in [0.5, 0.6) is 0 Å². The summed E-state index contributed by atoms with van der Waals surface area (Å²) >= 11 is 0. The molecule has 4 N–H and O–H groups in total. The molecule has 0 bridgehead atoms. The van der Waals surface area contributed by atoms with Crippen LogP contribution in [0.2, 0.25) is 0 Å². The first-order valence-corrected chi connectivity index (χ1v) is 7.21. The molecule has 0 radical (unpaired) electrons. The summed E-state index contributed by atoms with van der Waals surface area (Å²) in [6, 6.07) is -1.16. The monoisotopic (exact) mass is 300 g/mol. The zero-order chi connectivity index (χ0) is 16.0. The molecular weight excluding hydrogens is 276 g/mol. The maximum absolute atomic E-state index is 12.4. The summed E-state index contributed by atoms with van der Waals surface area (Å²) in [5, 5.41) is 23.4. The van der Waals surface area contributed by atoms with Gasteiger partial charge in [0.15, 0.2) is 0 Å². The summed E-state index contributed by atoms with van der Waals surface area (Å²) in [5.41, 5.74) is -0.690. The van der Waals surface area contributed by atoms with E-state index in [1.54, 1.807) is 13.8 Å². The van der Waals surface area contributed by atoms with Gasteiger partial charge in [-0.05, 0) is 38.3 Å². The van der Waals surface area contributed by atoms with Crippen molar-refractivity contribution in [3.05, 3.63) is 0 Å². The van der Waals surface area contributed by atoms with Gasteiger partial charge in [0.25, 0.3) is 0 Å². The quantitative estimate of drug-likeness (QED) is 0.542. The Bertz CT molecular complexity index is 402. The lowest BCUT2D eigenvalue weighted by Crippen LogP contribution is -2.51. The summed E-state index contributed by atoms with van der Waals surface area (Å²) in [6.45, 7) is 5.27. The molecule has 1 rings (SSSR count). The van der Waals surface area contributed by atoms with Crippen molar-refractivity contribution in [2.75, 3.05) is 13.1 Å². The first-order chi connectivity index (χ1) is 9.75. The fraction of sp³-hybridized carbons (Fsp3) is 0.786. The van der Waals surface area contributed by atoms with Crippen LogP contribution in [-0.2, 0) is 14.4 Å². The van der Waals surface area contributed by atoms with Gasteiger partial charge in [-0.3, -0.25) is 9.59 Å². The first kappa shape index (κ1) is 17.4. The van der Waals surface area contributed by atoms with E-state index in [9.17, 15) is 14.4 Å². The van der Waals surface area contributed by atoms with Crippen molar-refractivity contribution >= 4 is 17.8 Å². The number of carboxylic acids is 2. The van der Waals surface area contributed by atoms with Crippen LogP contribution in [0, 0.1) is 11.3 Å². The molecule has 0 aliphatic carbocycles. The summed E-state index contributed by atoms with van der Waals surface area (Å²) in [7, 11) is 0. The molecule has 2 unspecified atom stereocenters. The molecular formula is C14H24N2O5. The van der Waals surface area contributed by atoms with E-state index in [-0.39, 0.29) is 24.7 Å². The summed E-state index contributed by atoms with van der Waals surface area (Å²) in [5.74, 6) is -2.48. The number of nitrogens with one attached hydrogen (secondary N) is 2. The highest BCUT2D eigenvalue weighted by Crippen LogP contribution is 2.32. The van der Waals surface area contributed by atoms with Crippen LogP contribution in [-0.4, -0.2) is 47.2 Å². The van der Waals surface area contributed by atoms with Crippen molar-refractivity contribution in [3.8, 4) is 0 Å². The first-order valence-electron chi connectivity index (χ1n) is 7.21. The number of piperidine rings is 1. The molecule has 1 amide bonds. The second-order valence-corrected chi connectivity index (χ2v) is 6.06. The topological polar surface area (TPSA) is 116 Å². The highest BCUT2D eigenvalue weighted by Gasteiger charge is 2.38. The molecule has 21 heavy (non-hydrogen) atoms. The van der Waals surface area contributed by atoms with Crippen LogP contribution in [0.1, 0.15) is 39.5 Å². The SMILES string of the molecule is CC(C)(C(=O)NC(CCC(=O)O)C(=O)O)C1CCCNC1. The molecule has 1 aliphatic rings. The molecule has 7 nitrogen and oxygen atoms in total. The molecule has 1 fully saturated rings. The Morgan fingerprint density at radius 3 is 2.48 bits per heavy atom. The number of aliphatic carboxylic acids is 2. The van der Waals surface area contributed by atoms with Crippen LogP contribution in [0.3, 0.4) is 0 Å². The molecule has 1 aliphatic heterocycles. The molecule has 1 saturated heterocycles. The zero-order valence-electron chi connectivity index (χ0n) is 12.5. The van der Waals surface area contributed by atoms with Gasteiger partial charge in [0, 0.05) is 11.8 Å². The number of carbonyl (C=O) groups excluding carboxylic acids is 1. The van der Waals surface area contributed by atoms with Crippen LogP contribution in [0.25, 0.3) is 0 Å². The number of amides is 1. The van der Waals surface area contributed by atoms with Gasteiger partial charge in [-0.2, -0.15) is 0 Å². The summed E-state index contributed by atoms with van der Waals surface area (Å²) in [4.78, 5) is 34.0. The molecule has 0 aromatic rings. The van der Waals surface area contributed by atoms with E-state index in [1.807, 2.05) is 0 Å². The number of carboxylic acid groups (broad SMARTS) is 2. The van der Waals surface area contributed by atoms with Gasteiger partial charge < -0.3 is 20.8 Å². The normalized spacial score (nSPS) is 20.6. The highest BCUT2D eigenvalue weighted by atomic mass is 16.4. The molecule has 0 saturated carbocycles. The smallest absolute Gasteiger partial charge is 0.326 e. The molecule has 0 aromatic carbocycles. The van der Waals surface area contributed by atoms with E-state index in [0.717, 1.165) is 25.9 Å². The lowest BCUT2D eigenvalue weighted by molar-refractivity contribution is -0.145. The van der Waals surface area contributed by atoms with Gasteiger partial charge in [-0.15, -0.1) is 0 Å². The second-order valence-electron chi connectivity index (χ2n) is 6.06. The maximum atomic E-state index is 12.4. The van der Waals surface area contributed by atoms with Gasteiger partial charge >= 0.3 is 11.9 Å². The lowest BCUT2D eigenvalue weighted by atomic mass is 9.74. The summed E-state index contributed by atoms with van der Waals surface area (Å²) < 4.78 is 0. The third-order valence-electron chi connectivity index (χ3n) is 4.15. The number of hydrogen-bond donors (Lipinski definition) is 4. The molecule has 120 valence electrons. The minimum absolute atomic E-state index is 0.116. The maximum Gasteiger partial charge on any atom is 0.326 e. The van der Waals surface area contributed by atoms with Crippen molar-refractivity contribution in [3.63, 3.8) is 0 Å². The third kappa shape index (κ3) is 5.00. The minimum Gasteiger partial charge on any atom is -0.481 e. The van der Waals surface area contributed by atoms with Gasteiger partial charge in [0.1, 0.15) is 6.04 Å². The third-order valence-corrected chi connectivity index (χ3v) is 4.15. The Morgan fingerprint density at radius 2 is 2.00 bits per heavy atom. The van der Waals surface area contributed by atoms with Crippen molar-refractivity contribution in [1.82, 2.24) is 10.6 Å². The van der Waals surface area contributed by atoms with E-state index in [1.165, 1.54) is 0 Å². The number of carbonyl (C=O) groups is 3. The fourth-order valence-electron chi connectivity index (χ4n) is 2.52. The average Bonchev–Trinajstić information content (AvgIpc) is 2.43. The average molecular weight is 300 g/mol. The largest absolute Gasteiger partial charge is 0.481 e. The fourth-order valence-corrected chi connectivity index (χ4v) is 2.52. The Labute approximate surface area is 124 Å². The molecule has 2 atom stereocenters. The van der Waals surface area contributed by atoms with Gasteiger partial charge in [-0.25, -0.2) is 4.79 Å². The Balaban J connectivity index is 2.66. The molecule has 0 aromatic heterocycles. The van der Waals surface area contributed by atoms with E-state index in [4.69, 9.17) is 10.2 Å². The van der Waals surface area contributed by atoms with E-state index in [0.29, 0.717) is 0 Å². The number of rotatable bonds is 7. The molecule has 0 spiro atoms. The minimum atomic E-state index is -1.21. The molecule has 1 heterocycles. The van der Waals surface area contributed by atoms with Crippen molar-refractivity contribution < 1.29 is 24.6 Å². The van der Waals surface area contributed by atoms with Crippen LogP contribution < -0.4 is 10.6 Å². The summed E-state index contributed by atoms with van der Waals surface area (Å²) in [6.07, 6.45) is 1.50. The molecule has 7 heteroatoms. The van der Waals surface area contributed by atoms with Gasteiger partial charge in [0.05, 0.1) is 0 Å². The van der Waals surface area contributed by atoms with Crippen molar-refractivity contribution in [2.24, 2.45) is 11.3 Å². The Morgan fingerprint density at radius 1 is 1.33 bits per heavy atom. The van der Waals surface area contributed by atoms with Crippen molar-refractivity contribution in [1.29, 1.82) is 0 Å². The zero-order valence-corrected chi connectivity index (χ0v) is 12.5. The highest BCUT2D eigenvalue weighted by molar-refractivity contribution is 5.87. The predicted molar refractivity (Wildman–Crippen MR) is 75.8 cm³/mol. The van der Waals surface area contributed by atoms with Crippen LogP contribution >= 0.6 is 0 Å². The van der Waals surface area contributed by atoms with Crippen LogP contribution in [0.4, 0.5) is 0 Å². The lowest BCUT2D eigenvalue weighted by Gasteiger charge is -2.36. The van der Waals surface area contributed by atoms with Gasteiger partial charge in [0.2, 0.25) is 5.91 Å². The van der Waals surface area contributed by atoms with Crippen molar-refractivity contribution in [2.45, 2.75) is 45.6 Å². The standard InChI is InChI=1S/C14H24N2O5/c1-14(2,9-4-3-7-15-8-9)13(21)16-10(12(19)20)5-6-11(17)18/h9-10,15H,3-8H2,1-2H3,(H,16,21)(H,17,18)(H,19,20). The van der Waals surface area contributed by atoms with Crippen LogP contribution in [0.15, 0.2) is 0 Å². The predicted octanol–water partition coefficient (Wildman–Crippen LogP) is 0.446.